The number of hydrazone groups is 1. The highest BCUT2D eigenvalue weighted by Gasteiger charge is 1.98. The molecule has 0 aliphatic rings. The third-order valence-corrected chi connectivity index (χ3v) is 3.30. The van der Waals surface area contributed by atoms with Crippen molar-refractivity contribution in [2.75, 3.05) is 6.54 Å². The summed E-state index contributed by atoms with van der Waals surface area (Å²) in [5, 5.41) is 7.57. The molecule has 0 saturated heterocycles. The average molecular weight is 327 g/mol. The lowest BCUT2D eigenvalue weighted by Gasteiger charge is -2.07. The lowest BCUT2D eigenvalue weighted by atomic mass is 10.1. The smallest absolute Gasteiger partial charge is 0.186 e. The van der Waals surface area contributed by atoms with Crippen molar-refractivity contribution in [2.24, 2.45) is 5.10 Å². The van der Waals surface area contributed by atoms with Crippen LogP contribution in [-0.4, -0.2) is 17.9 Å². The van der Waals surface area contributed by atoms with Gasteiger partial charge in [0, 0.05) is 6.54 Å². The Labute approximate surface area is 142 Å². The summed E-state index contributed by atoms with van der Waals surface area (Å²) in [6, 6.07) is 16.1. The fourth-order valence-electron chi connectivity index (χ4n) is 2.02. The minimum atomic E-state index is 0.510. The van der Waals surface area contributed by atoms with Gasteiger partial charge in [-0.05, 0) is 49.3 Å². The number of aryl methyl sites for hydroxylation is 1. The molecule has 4 nitrogen and oxygen atoms in total. The van der Waals surface area contributed by atoms with Crippen LogP contribution in [0.5, 0.6) is 5.75 Å². The Kier molecular flexibility index (Phi) is 6.56. The van der Waals surface area contributed by atoms with Crippen molar-refractivity contribution in [3.63, 3.8) is 0 Å². The quantitative estimate of drug-likeness (QED) is 0.485. The van der Waals surface area contributed by atoms with Crippen LogP contribution in [0.25, 0.3) is 0 Å². The van der Waals surface area contributed by atoms with E-state index in [0.717, 1.165) is 23.4 Å². The van der Waals surface area contributed by atoms with E-state index in [4.69, 9.17) is 17.0 Å². The SMILES string of the molecule is CCNC(=S)N/N=C/c1cccc(OCc2cccc(C)c2)c1. The van der Waals surface area contributed by atoms with Gasteiger partial charge in [0.05, 0.1) is 6.21 Å². The first kappa shape index (κ1) is 17.0. The maximum Gasteiger partial charge on any atom is 0.186 e. The molecule has 0 spiro atoms. The molecule has 23 heavy (non-hydrogen) atoms. The van der Waals surface area contributed by atoms with Gasteiger partial charge < -0.3 is 10.1 Å². The number of ether oxygens (including phenoxy) is 1. The van der Waals surface area contributed by atoms with Crippen molar-refractivity contribution in [3.05, 3.63) is 65.2 Å². The maximum absolute atomic E-state index is 5.83. The second-order valence-corrected chi connectivity index (χ2v) is 5.49. The van der Waals surface area contributed by atoms with E-state index in [-0.39, 0.29) is 0 Å². The first-order valence-corrected chi connectivity index (χ1v) is 7.93. The van der Waals surface area contributed by atoms with E-state index in [0.29, 0.717) is 11.7 Å². The summed E-state index contributed by atoms with van der Waals surface area (Å²) >= 11 is 5.04. The van der Waals surface area contributed by atoms with Crippen LogP contribution >= 0.6 is 12.2 Å². The van der Waals surface area contributed by atoms with Gasteiger partial charge in [0.15, 0.2) is 5.11 Å². The van der Waals surface area contributed by atoms with Crippen LogP contribution in [0.4, 0.5) is 0 Å². The van der Waals surface area contributed by atoms with E-state index in [1.165, 1.54) is 5.56 Å². The molecule has 0 amide bonds. The van der Waals surface area contributed by atoms with Crippen molar-refractivity contribution in [3.8, 4) is 5.75 Å². The minimum Gasteiger partial charge on any atom is -0.489 e. The molecule has 0 fully saturated rings. The van der Waals surface area contributed by atoms with Crippen molar-refractivity contribution in [2.45, 2.75) is 20.5 Å². The summed E-state index contributed by atoms with van der Waals surface area (Å²) in [5.41, 5.74) is 6.09. The van der Waals surface area contributed by atoms with Crippen molar-refractivity contribution in [1.29, 1.82) is 0 Å². The van der Waals surface area contributed by atoms with Gasteiger partial charge in [-0.25, -0.2) is 0 Å². The van der Waals surface area contributed by atoms with Crippen LogP contribution in [0.3, 0.4) is 0 Å². The van der Waals surface area contributed by atoms with Crippen LogP contribution in [0.2, 0.25) is 0 Å². The van der Waals surface area contributed by atoms with E-state index in [9.17, 15) is 0 Å². The number of thiocarbonyl (C=S) groups is 1. The Balaban J connectivity index is 1.91. The van der Waals surface area contributed by atoms with Gasteiger partial charge in [-0.15, -0.1) is 0 Å². The van der Waals surface area contributed by atoms with E-state index in [1.54, 1.807) is 6.21 Å². The summed E-state index contributed by atoms with van der Waals surface area (Å²) in [6.07, 6.45) is 1.71. The standard InChI is InChI=1S/C18H21N3OS/c1-3-19-18(23)21-20-12-15-7-5-9-17(11-15)22-13-16-8-4-6-14(2)10-16/h4-12H,3,13H2,1-2H3,(H2,19,21,23)/b20-12+. The summed E-state index contributed by atoms with van der Waals surface area (Å²) < 4.78 is 5.83. The number of hydrogen-bond acceptors (Lipinski definition) is 3. The average Bonchev–Trinajstić information content (AvgIpc) is 2.54. The normalized spacial score (nSPS) is 10.5. The number of nitrogens with one attached hydrogen (secondary N) is 2. The zero-order chi connectivity index (χ0) is 16.5. The molecular formula is C18H21N3OS. The molecule has 2 aromatic rings. The molecule has 120 valence electrons. The predicted molar refractivity (Wildman–Crippen MR) is 99.0 cm³/mol. The molecule has 0 aromatic heterocycles. The van der Waals surface area contributed by atoms with Gasteiger partial charge in [0.25, 0.3) is 0 Å². The molecule has 0 radical (unpaired) electrons. The van der Waals surface area contributed by atoms with Gasteiger partial charge >= 0.3 is 0 Å². The van der Waals surface area contributed by atoms with Crippen LogP contribution in [0.15, 0.2) is 53.6 Å². The molecular weight excluding hydrogens is 306 g/mol. The lowest BCUT2D eigenvalue weighted by Crippen LogP contribution is -2.31. The second-order valence-electron chi connectivity index (χ2n) is 5.08. The molecule has 0 atom stereocenters. The molecule has 5 heteroatoms. The zero-order valence-electron chi connectivity index (χ0n) is 13.4. The number of nitrogens with zero attached hydrogens (tertiary/aromatic N) is 1. The van der Waals surface area contributed by atoms with E-state index >= 15 is 0 Å². The van der Waals surface area contributed by atoms with Gasteiger partial charge in [-0.2, -0.15) is 5.10 Å². The summed E-state index contributed by atoms with van der Waals surface area (Å²) in [6.45, 7) is 5.37. The Bertz CT molecular complexity index is 685. The summed E-state index contributed by atoms with van der Waals surface area (Å²) in [7, 11) is 0. The van der Waals surface area contributed by atoms with Crippen LogP contribution in [0, 0.1) is 6.92 Å². The largest absolute Gasteiger partial charge is 0.489 e. The van der Waals surface area contributed by atoms with E-state index in [1.807, 2.05) is 37.3 Å². The zero-order valence-corrected chi connectivity index (χ0v) is 14.2. The Morgan fingerprint density at radius 2 is 2.04 bits per heavy atom. The Morgan fingerprint density at radius 3 is 2.83 bits per heavy atom. The molecule has 0 bridgehead atoms. The highest BCUT2D eigenvalue weighted by atomic mass is 32.1. The lowest BCUT2D eigenvalue weighted by molar-refractivity contribution is 0.306. The first-order valence-electron chi connectivity index (χ1n) is 7.52. The molecule has 2 N–H and O–H groups in total. The van der Waals surface area contributed by atoms with Gasteiger partial charge in [-0.3, -0.25) is 5.43 Å². The highest BCUT2D eigenvalue weighted by molar-refractivity contribution is 7.80. The van der Waals surface area contributed by atoms with Crippen LogP contribution < -0.4 is 15.5 Å². The topological polar surface area (TPSA) is 45.7 Å². The number of benzene rings is 2. The predicted octanol–water partition coefficient (Wildman–Crippen LogP) is 3.39. The molecule has 0 unspecified atom stereocenters. The van der Waals surface area contributed by atoms with Crippen molar-refractivity contribution >= 4 is 23.5 Å². The monoisotopic (exact) mass is 327 g/mol. The van der Waals surface area contributed by atoms with Crippen molar-refractivity contribution in [1.82, 2.24) is 10.7 Å². The molecule has 0 saturated carbocycles. The van der Waals surface area contributed by atoms with E-state index in [2.05, 4.69) is 41.0 Å². The number of hydrogen-bond donors (Lipinski definition) is 2. The molecule has 2 rings (SSSR count). The molecule has 0 heterocycles. The van der Waals surface area contributed by atoms with Gasteiger partial charge in [0.1, 0.15) is 12.4 Å². The van der Waals surface area contributed by atoms with E-state index < -0.39 is 0 Å². The Hall–Kier alpha value is -2.40. The highest BCUT2D eigenvalue weighted by Crippen LogP contribution is 2.14. The third kappa shape index (κ3) is 6.08. The first-order chi connectivity index (χ1) is 11.2. The minimum absolute atomic E-state index is 0.510. The maximum atomic E-state index is 5.83. The Morgan fingerprint density at radius 1 is 1.22 bits per heavy atom. The van der Waals surface area contributed by atoms with Gasteiger partial charge in [-0.1, -0.05) is 42.0 Å². The molecule has 2 aromatic carbocycles. The fraction of sp³-hybridized carbons (Fsp3) is 0.222. The summed E-state index contributed by atoms with van der Waals surface area (Å²) in [4.78, 5) is 0. The third-order valence-electron chi connectivity index (χ3n) is 3.06. The number of rotatable bonds is 6. The fourth-order valence-corrected chi connectivity index (χ4v) is 2.22. The van der Waals surface area contributed by atoms with Gasteiger partial charge in [0.2, 0.25) is 0 Å². The molecule has 0 aliphatic heterocycles. The van der Waals surface area contributed by atoms with Crippen LogP contribution in [0.1, 0.15) is 23.6 Å². The second kappa shape index (κ2) is 8.90. The summed E-state index contributed by atoms with van der Waals surface area (Å²) in [5.74, 6) is 0.810. The van der Waals surface area contributed by atoms with Crippen LogP contribution in [-0.2, 0) is 6.61 Å². The molecule has 0 aliphatic carbocycles. The van der Waals surface area contributed by atoms with Crippen molar-refractivity contribution < 1.29 is 4.74 Å².